The molecule has 3 fully saturated rings. The Morgan fingerprint density at radius 2 is 1.88 bits per heavy atom. The van der Waals surface area contributed by atoms with Crippen molar-refractivity contribution in [3.05, 3.63) is 40.9 Å². The molecular weight excluding hydrogens is 518 g/mol. The number of likely N-dealkylation sites (tertiary alicyclic amines) is 1. The number of piperidine rings is 2. The smallest absolute Gasteiger partial charge is 0.261 e. The largest absolute Gasteiger partial charge is 0.353 e. The van der Waals surface area contributed by atoms with Crippen LogP contribution in [0.15, 0.2) is 35.4 Å². The summed E-state index contributed by atoms with van der Waals surface area (Å²) in [6, 6.07) is 7.44. The summed E-state index contributed by atoms with van der Waals surface area (Å²) in [5.41, 5.74) is 0.525. The van der Waals surface area contributed by atoms with Gasteiger partial charge in [0.1, 0.15) is 0 Å². The van der Waals surface area contributed by atoms with Gasteiger partial charge < -0.3 is 15.1 Å². The van der Waals surface area contributed by atoms with Crippen LogP contribution < -0.4 is 10.9 Å². The molecule has 0 unspecified atom stereocenters. The third kappa shape index (κ3) is 6.81. The van der Waals surface area contributed by atoms with Gasteiger partial charge in [-0.1, -0.05) is 32.9 Å². The van der Waals surface area contributed by atoms with Crippen molar-refractivity contribution in [3.63, 3.8) is 0 Å². The van der Waals surface area contributed by atoms with Gasteiger partial charge >= 0.3 is 0 Å². The minimum absolute atomic E-state index is 0.0388. The average molecular weight is 564 g/mol. The van der Waals surface area contributed by atoms with Gasteiger partial charge in [0.15, 0.2) is 0 Å². The molecule has 1 aromatic carbocycles. The lowest BCUT2D eigenvalue weighted by molar-refractivity contribution is -0.146. The summed E-state index contributed by atoms with van der Waals surface area (Å²) in [4.78, 5) is 61.0. The highest BCUT2D eigenvalue weighted by molar-refractivity contribution is 5.79. The molecule has 0 saturated carbocycles. The molecule has 0 radical (unpaired) electrons. The van der Waals surface area contributed by atoms with E-state index in [4.69, 9.17) is 0 Å². The predicted octanol–water partition coefficient (Wildman–Crippen LogP) is 3.59. The number of aromatic nitrogens is 2. The number of nitrogens with one attached hydrogen (secondary N) is 1. The van der Waals surface area contributed by atoms with E-state index in [1.807, 2.05) is 23.1 Å². The van der Waals surface area contributed by atoms with Gasteiger partial charge in [0.2, 0.25) is 17.7 Å². The maximum Gasteiger partial charge on any atom is 0.261 e. The normalized spacial score (nSPS) is 28.0. The summed E-state index contributed by atoms with van der Waals surface area (Å²) in [6.45, 7) is 8.65. The highest BCUT2D eigenvalue weighted by Gasteiger charge is 2.43. The average Bonchev–Trinajstić information content (AvgIpc) is 2.95. The minimum Gasteiger partial charge on any atom is -0.353 e. The number of hydrogen-bond donors (Lipinski definition) is 1. The number of benzene rings is 1. The van der Waals surface area contributed by atoms with Crippen LogP contribution in [-0.4, -0.2) is 68.8 Å². The Hall–Kier alpha value is -3.23. The van der Waals surface area contributed by atoms with E-state index in [0.29, 0.717) is 55.8 Å². The fourth-order valence-electron chi connectivity index (χ4n) is 7.15. The molecule has 41 heavy (non-hydrogen) atoms. The van der Waals surface area contributed by atoms with Crippen LogP contribution in [0.5, 0.6) is 0 Å². The molecule has 3 saturated heterocycles. The van der Waals surface area contributed by atoms with Crippen LogP contribution >= 0.6 is 0 Å². The monoisotopic (exact) mass is 563 g/mol. The first-order chi connectivity index (χ1) is 19.7. The maximum absolute atomic E-state index is 13.6. The quantitative estimate of drug-likeness (QED) is 0.612. The molecule has 9 nitrogen and oxygen atoms in total. The Balaban J connectivity index is 1.26. The Morgan fingerprint density at radius 3 is 2.68 bits per heavy atom. The lowest BCUT2D eigenvalue weighted by Gasteiger charge is -2.51. The van der Waals surface area contributed by atoms with Gasteiger partial charge in [-0.25, -0.2) is 4.98 Å². The lowest BCUT2D eigenvalue weighted by Crippen LogP contribution is -2.60. The molecule has 1 N–H and O–H groups in total. The molecule has 3 aliphatic heterocycles. The van der Waals surface area contributed by atoms with E-state index in [1.165, 1.54) is 10.9 Å². The Bertz CT molecular complexity index is 1320. The Labute approximate surface area is 242 Å². The number of carbonyl (C=O) groups excluding carboxylic acids is 3. The molecule has 3 aliphatic rings. The maximum atomic E-state index is 13.6. The van der Waals surface area contributed by atoms with E-state index in [2.05, 4.69) is 36.0 Å². The molecular formula is C32H45N5O4. The zero-order valence-corrected chi connectivity index (χ0v) is 24.8. The minimum atomic E-state index is -0.130. The van der Waals surface area contributed by atoms with Crippen molar-refractivity contribution in [3.8, 4) is 0 Å². The number of rotatable bonds is 4. The third-order valence-corrected chi connectivity index (χ3v) is 9.49. The second-order valence-electron chi connectivity index (χ2n) is 13.0. The Morgan fingerprint density at radius 1 is 1.07 bits per heavy atom. The van der Waals surface area contributed by atoms with Crippen LogP contribution in [0.2, 0.25) is 0 Å². The molecule has 4 heterocycles. The van der Waals surface area contributed by atoms with Crippen LogP contribution in [0.1, 0.15) is 72.1 Å². The van der Waals surface area contributed by atoms with Crippen molar-refractivity contribution in [2.45, 2.75) is 90.8 Å². The lowest BCUT2D eigenvalue weighted by atomic mass is 9.77. The number of carbonyl (C=O) groups is 3. The summed E-state index contributed by atoms with van der Waals surface area (Å²) >= 11 is 0. The van der Waals surface area contributed by atoms with Crippen LogP contribution in [-0.2, 0) is 20.9 Å². The summed E-state index contributed by atoms with van der Waals surface area (Å²) in [6.07, 6.45) is 7.08. The molecule has 5 rings (SSSR count). The highest BCUT2D eigenvalue weighted by Crippen LogP contribution is 2.36. The van der Waals surface area contributed by atoms with Gasteiger partial charge in [0.05, 0.1) is 17.2 Å². The summed E-state index contributed by atoms with van der Waals surface area (Å²) in [7, 11) is 0. The molecule has 1 aromatic heterocycles. The van der Waals surface area contributed by atoms with E-state index in [1.54, 1.807) is 6.07 Å². The van der Waals surface area contributed by atoms with E-state index in [9.17, 15) is 19.2 Å². The molecule has 222 valence electrons. The van der Waals surface area contributed by atoms with E-state index in [0.717, 1.165) is 32.1 Å². The molecule has 2 bridgehead atoms. The van der Waals surface area contributed by atoms with Gasteiger partial charge in [-0.05, 0) is 67.9 Å². The number of hydrogen-bond acceptors (Lipinski definition) is 5. The molecule has 3 amide bonds. The van der Waals surface area contributed by atoms with Gasteiger partial charge in [-0.2, -0.15) is 0 Å². The van der Waals surface area contributed by atoms with Gasteiger partial charge in [0.25, 0.3) is 5.56 Å². The third-order valence-electron chi connectivity index (χ3n) is 9.49. The topological polar surface area (TPSA) is 105 Å². The van der Waals surface area contributed by atoms with Crippen molar-refractivity contribution < 1.29 is 14.4 Å². The van der Waals surface area contributed by atoms with E-state index >= 15 is 0 Å². The summed E-state index contributed by atoms with van der Waals surface area (Å²) in [5, 5.41) is 3.80. The van der Waals surface area contributed by atoms with Crippen LogP contribution in [0.3, 0.4) is 0 Å². The molecule has 0 aliphatic carbocycles. The number of fused-ring (bicyclic) bond motifs is 5. The second-order valence-corrected chi connectivity index (χ2v) is 13.0. The molecule has 2 aromatic rings. The Kier molecular flexibility index (Phi) is 9.09. The number of nitrogens with zero attached hydrogens (tertiary/aromatic N) is 4. The zero-order valence-electron chi connectivity index (χ0n) is 24.8. The number of para-hydroxylation sites is 1. The SMILES string of the molecule is CC(C)[C@@H]1CC[C@@H](C)CC(=O)N2C[C@H]3C[C@H](CN(C(=O)CCn4cnc5ccccc5c4=O)C3)[C@@H]2CCCC(=O)N1. The van der Waals surface area contributed by atoms with Crippen molar-refractivity contribution >= 4 is 28.6 Å². The molecule has 9 heteroatoms. The van der Waals surface area contributed by atoms with Crippen molar-refractivity contribution in [2.75, 3.05) is 19.6 Å². The van der Waals surface area contributed by atoms with Crippen molar-refractivity contribution in [1.82, 2.24) is 24.7 Å². The fourth-order valence-corrected chi connectivity index (χ4v) is 7.15. The van der Waals surface area contributed by atoms with Gasteiger partial charge in [0, 0.05) is 57.5 Å². The van der Waals surface area contributed by atoms with E-state index in [-0.39, 0.29) is 59.5 Å². The summed E-state index contributed by atoms with van der Waals surface area (Å²) < 4.78 is 1.52. The number of amides is 3. The number of aryl methyl sites for hydroxylation is 1. The zero-order chi connectivity index (χ0) is 29.1. The molecule has 0 spiro atoms. The summed E-state index contributed by atoms with van der Waals surface area (Å²) in [5.74, 6) is 1.43. The standard InChI is InChI=1S/C32H45N5O4/c1-21(2)26-12-11-22(3)15-31(40)37-18-23-16-24(28(37)9-6-10-29(38)34-26)19-36(17-23)30(39)13-14-35-20-33-27-8-5-4-7-25(27)32(35)41/h4-5,7-8,20-24,26,28H,6,9-19H2,1-3H3,(H,34,38)/t22-,23+,24-,26+,28+/m1/s1. The first-order valence-electron chi connectivity index (χ1n) is 15.5. The highest BCUT2D eigenvalue weighted by atomic mass is 16.2. The van der Waals surface area contributed by atoms with Gasteiger partial charge in [-0.15, -0.1) is 0 Å². The van der Waals surface area contributed by atoms with Crippen molar-refractivity contribution in [2.24, 2.45) is 23.7 Å². The molecule has 5 atom stereocenters. The first-order valence-corrected chi connectivity index (χ1v) is 15.5. The van der Waals surface area contributed by atoms with Crippen molar-refractivity contribution in [1.29, 1.82) is 0 Å². The second kappa shape index (κ2) is 12.7. The van der Waals surface area contributed by atoms with Gasteiger partial charge in [-0.3, -0.25) is 23.7 Å². The fraction of sp³-hybridized carbons (Fsp3) is 0.656. The first kappa shape index (κ1) is 29.3. The van der Waals surface area contributed by atoms with Crippen LogP contribution in [0.4, 0.5) is 0 Å². The predicted molar refractivity (Wildman–Crippen MR) is 158 cm³/mol. The van der Waals surface area contributed by atoms with Crippen LogP contribution in [0, 0.1) is 23.7 Å². The van der Waals surface area contributed by atoms with E-state index < -0.39 is 0 Å². The van der Waals surface area contributed by atoms with Crippen LogP contribution in [0.25, 0.3) is 10.9 Å².